The number of Topliss-reactive ketones (excluding diaryl/α,β-unsaturated/α-hetero) is 1. The van der Waals surface area contributed by atoms with Gasteiger partial charge in [-0.1, -0.05) is 32.9 Å². The van der Waals surface area contributed by atoms with E-state index in [9.17, 15) is 14.7 Å². The summed E-state index contributed by atoms with van der Waals surface area (Å²) in [4.78, 5) is 29.1. The quantitative estimate of drug-likeness (QED) is 0.364. The predicted molar refractivity (Wildman–Crippen MR) is 123 cm³/mol. The molecule has 32 heavy (non-hydrogen) atoms. The molecule has 1 atom stereocenters. The summed E-state index contributed by atoms with van der Waals surface area (Å²) < 4.78 is 7.55. The van der Waals surface area contributed by atoms with E-state index >= 15 is 0 Å². The highest BCUT2D eigenvalue weighted by molar-refractivity contribution is 5.99. The minimum atomic E-state index is -0.861. The van der Waals surface area contributed by atoms with E-state index in [1.54, 1.807) is 6.20 Å². The van der Waals surface area contributed by atoms with Gasteiger partial charge in [0, 0.05) is 30.5 Å². The summed E-state index contributed by atoms with van der Waals surface area (Å²) in [7, 11) is 0. The maximum Gasteiger partial charge on any atom is 0.303 e. The number of imidazole rings is 1. The summed E-state index contributed by atoms with van der Waals surface area (Å²) in [5.41, 5.74) is 2.35. The van der Waals surface area contributed by atoms with Gasteiger partial charge in [0.25, 0.3) is 0 Å². The average Bonchev–Trinajstić information content (AvgIpc) is 3.36. The topological polar surface area (TPSA) is 98.2 Å². The summed E-state index contributed by atoms with van der Waals surface area (Å²) in [6.45, 7) is 8.42. The number of rotatable bonds is 12. The zero-order valence-corrected chi connectivity index (χ0v) is 19.4. The van der Waals surface area contributed by atoms with Gasteiger partial charge in [0.05, 0.1) is 23.7 Å². The first-order valence-corrected chi connectivity index (χ1v) is 11.5. The monoisotopic (exact) mass is 439 g/mol. The van der Waals surface area contributed by atoms with E-state index in [2.05, 4.69) is 23.6 Å². The fraction of sp³-hybridized carbons (Fsp3) is 0.520. The molecule has 0 saturated carbocycles. The van der Waals surface area contributed by atoms with E-state index in [0.29, 0.717) is 30.4 Å². The molecule has 0 bridgehead atoms. The standard InChI is InChI=1S/C25H33N3O4/c1-5-19(6-2)28-22-8-7-18(23(29)12-17(11-16(3)4)13-25(30)31)14-21(22)27-24(28)15-20-9-10-26-32-20/h7-10,14,16-17,19H,5-6,11-13,15H2,1-4H3,(H,30,31)/t17-/m1/s1. The highest BCUT2D eigenvalue weighted by atomic mass is 16.5. The van der Waals surface area contributed by atoms with Crippen molar-refractivity contribution in [1.29, 1.82) is 0 Å². The van der Waals surface area contributed by atoms with Crippen molar-refractivity contribution in [1.82, 2.24) is 14.7 Å². The number of aliphatic carboxylic acids is 1. The molecule has 7 nitrogen and oxygen atoms in total. The van der Waals surface area contributed by atoms with Crippen LogP contribution in [-0.2, 0) is 11.2 Å². The number of carboxylic acids is 1. The number of carbonyl (C=O) groups is 2. The van der Waals surface area contributed by atoms with Crippen LogP contribution in [0.1, 0.15) is 87.8 Å². The van der Waals surface area contributed by atoms with Crippen molar-refractivity contribution in [2.75, 3.05) is 0 Å². The minimum Gasteiger partial charge on any atom is -0.481 e. The second-order valence-electron chi connectivity index (χ2n) is 8.95. The van der Waals surface area contributed by atoms with Crippen LogP contribution in [0.5, 0.6) is 0 Å². The van der Waals surface area contributed by atoms with Crippen LogP contribution in [0.4, 0.5) is 0 Å². The van der Waals surface area contributed by atoms with Crippen molar-refractivity contribution in [2.24, 2.45) is 11.8 Å². The van der Waals surface area contributed by atoms with E-state index < -0.39 is 5.97 Å². The molecule has 0 saturated heterocycles. The lowest BCUT2D eigenvalue weighted by Gasteiger charge is -2.19. The van der Waals surface area contributed by atoms with E-state index in [4.69, 9.17) is 9.51 Å². The third kappa shape index (κ3) is 5.64. The molecule has 172 valence electrons. The van der Waals surface area contributed by atoms with Crippen molar-refractivity contribution in [2.45, 2.75) is 72.3 Å². The fourth-order valence-corrected chi connectivity index (χ4v) is 4.53. The molecule has 0 aliphatic carbocycles. The first-order chi connectivity index (χ1) is 15.3. The Morgan fingerprint density at radius 1 is 1.12 bits per heavy atom. The van der Waals surface area contributed by atoms with Crippen LogP contribution in [-0.4, -0.2) is 31.6 Å². The highest BCUT2D eigenvalue weighted by Crippen LogP contribution is 2.29. The van der Waals surface area contributed by atoms with Crippen molar-refractivity contribution >= 4 is 22.8 Å². The molecule has 0 unspecified atom stereocenters. The van der Waals surface area contributed by atoms with E-state index in [1.807, 2.05) is 38.1 Å². The predicted octanol–water partition coefficient (Wildman–Crippen LogP) is 5.69. The second kappa shape index (κ2) is 10.6. The largest absolute Gasteiger partial charge is 0.481 e. The molecule has 2 aromatic heterocycles. The highest BCUT2D eigenvalue weighted by Gasteiger charge is 2.22. The zero-order valence-electron chi connectivity index (χ0n) is 19.4. The number of aromatic nitrogens is 3. The van der Waals surface area contributed by atoms with Crippen molar-refractivity contribution < 1.29 is 19.2 Å². The van der Waals surface area contributed by atoms with Crippen LogP contribution in [0.15, 0.2) is 35.0 Å². The molecular formula is C25H33N3O4. The molecular weight excluding hydrogens is 406 g/mol. The molecule has 0 spiro atoms. The molecule has 1 aromatic carbocycles. The van der Waals surface area contributed by atoms with Gasteiger partial charge in [-0.15, -0.1) is 0 Å². The van der Waals surface area contributed by atoms with Gasteiger partial charge in [0.15, 0.2) is 5.78 Å². The van der Waals surface area contributed by atoms with Gasteiger partial charge in [-0.3, -0.25) is 9.59 Å². The van der Waals surface area contributed by atoms with Crippen LogP contribution >= 0.6 is 0 Å². The Bertz CT molecular complexity index is 1050. The molecule has 0 fully saturated rings. The molecule has 7 heteroatoms. The van der Waals surface area contributed by atoms with Crippen molar-refractivity contribution in [3.05, 3.63) is 47.6 Å². The van der Waals surface area contributed by atoms with Crippen LogP contribution < -0.4 is 0 Å². The fourth-order valence-electron chi connectivity index (χ4n) is 4.53. The van der Waals surface area contributed by atoms with Gasteiger partial charge in [-0.2, -0.15) is 0 Å². The third-order valence-corrected chi connectivity index (χ3v) is 5.96. The Kier molecular flexibility index (Phi) is 7.83. The minimum absolute atomic E-state index is 0.0107. The number of carbonyl (C=O) groups excluding carboxylic acids is 1. The Hall–Kier alpha value is -2.96. The normalized spacial score (nSPS) is 12.7. The van der Waals surface area contributed by atoms with Gasteiger partial charge in [-0.05, 0) is 49.3 Å². The van der Waals surface area contributed by atoms with Gasteiger partial charge >= 0.3 is 5.97 Å². The van der Waals surface area contributed by atoms with Gasteiger partial charge < -0.3 is 14.2 Å². The maximum absolute atomic E-state index is 13.0. The second-order valence-corrected chi connectivity index (χ2v) is 8.95. The Labute approximate surface area is 188 Å². The van der Waals surface area contributed by atoms with Gasteiger partial charge in [0.1, 0.15) is 11.6 Å². The summed E-state index contributed by atoms with van der Waals surface area (Å²) >= 11 is 0. The number of carboxylic acid groups (broad SMARTS) is 1. The molecule has 0 aliphatic rings. The molecule has 3 aromatic rings. The number of hydrogen-bond acceptors (Lipinski definition) is 5. The maximum atomic E-state index is 13.0. The van der Waals surface area contributed by atoms with E-state index in [0.717, 1.165) is 35.5 Å². The van der Waals surface area contributed by atoms with Crippen LogP contribution in [0.25, 0.3) is 11.0 Å². The molecule has 0 amide bonds. The van der Waals surface area contributed by atoms with Crippen LogP contribution in [0, 0.1) is 11.8 Å². The lowest BCUT2D eigenvalue weighted by Crippen LogP contribution is -2.15. The third-order valence-electron chi connectivity index (χ3n) is 5.96. The number of fused-ring (bicyclic) bond motifs is 1. The van der Waals surface area contributed by atoms with E-state index in [-0.39, 0.29) is 24.5 Å². The number of ketones is 1. The first kappa shape index (κ1) is 23.7. The van der Waals surface area contributed by atoms with Crippen LogP contribution in [0.2, 0.25) is 0 Å². The SMILES string of the molecule is CCC(CC)n1c(Cc2ccno2)nc2cc(C(=O)C[C@H](CC(=O)O)CC(C)C)ccc21. The molecule has 0 aliphatic heterocycles. The summed E-state index contributed by atoms with van der Waals surface area (Å²) in [6, 6.07) is 7.78. The Morgan fingerprint density at radius 2 is 1.88 bits per heavy atom. The zero-order chi connectivity index (χ0) is 23.3. The summed E-state index contributed by atoms with van der Waals surface area (Å²) in [6.07, 6.45) is 5.05. The van der Waals surface area contributed by atoms with Crippen molar-refractivity contribution in [3.63, 3.8) is 0 Å². The summed E-state index contributed by atoms with van der Waals surface area (Å²) in [5, 5.41) is 13.0. The Balaban J connectivity index is 1.93. The average molecular weight is 440 g/mol. The molecule has 2 heterocycles. The molecule has 3 rings (SSSR count). The van der Waals surface area contributed by atoms with Gasteiger partial charge in [-0.25, -0.2) is 4.98 Å². The number of hydrogen-bond donors (Lipinski definition) is 1. The van der Waals surface area contributed by atoms with Crippen molar-refractivity contribution in [3.8, 4) is 0 Å². The van der Waals surface area contributed by atoms with Gasteiger partial charge in [0.2, 0.25) is 0 Å². The molecule has 1 N–H and O–H groups in total. The van der Waals surface area contributed by atoms with E-state index in [1.165, 1.54) is 0 Å². The smallest absolute Gasteiger partial charge is 0.303 e. The first-order valence-electron chi connectivity index (χ1n) is 11.5. The van der Waals surface area contributed by atoms with Crippen LogP contribution in [0.3, 0.4) is 0 Å². The lowest BCUT2D eigenvalue weighted by atomic mass is 9.88. The number of nitrogens with zero attached hydrogens (tertiary/aromatic N) is 3. The number of benzene rings is 1. The summed E-state index contributed by atoms with van der Waals surface area (Å²) in [5.74, 6) is 0.906. The molecule has 0 radical (unpaired) electrons. The lowest BCUT2D eigenvalue weighted by molar-refractivity contribution is -0.138. The Morgan fingerprint density at radius 3 is 2.47 bits per heavy atom.